The molecule has 0 aliphatic rings. The summed E-state index contributed by atoms with van der Waals surface area (Å²) in [5, 5.41) is 18.8. The van der Waals surface area contributed by atoms with Crippen LogP contribution in [0.1, 0.15) is 20.8 Å². The normalized spacial score (nSPS) is 12.4. The molecule has 19 heavy (non-hydrogen) atoms. The Morgan fingerprint density at radius 2 is 1.84 bits per heavy atom. The lowest BCUT2D eigenvalue weighted by atomic mass is 9.92. The fourth-order valence-corrected chi connectivity index (χ4v) is 1.13. The molecule has 0 aromatic carbocycles. The smallest absolute Gasteiger partial charge is 0.333 e. The number of rotatable bonds is 9. The lowest BCUT2D eigenvalue weighted by Crippen LogP contribution is -2.40. The van der Waals surface area contributed by atoms with Crippen LogP contribution in [0.2, 0.25) is 0 Å². The molecule has 0 rings (SSSR count). The number of carbonyl (C=O) groups excluding carboxylic acids is 1. The predicted octanol–water partition coefficient (Wildman–Crippen LogP) is 1.06. The monoisotopic (exact) mass is 272 g/mol. The summed E-state index contributed by atoms with van der Waals surface area (Å²) >= 11 is 0. The third kappa shape index (κ3) is 6.52. The summed E-state index contributed by atoms with van der Waals surface area (Å²) in [6.07, 6.45) is 1.92. The van der Waals surface area contributed by atoms with Gasteiger partial charge in [-0.05, 0) is 20.8 Å². The fourth-order valence-electron chi connectivity index (χ4n) is 1.13. The molecule has 0 atom stereocenters. The van der Waals surface area contributed by atoms with Crippen LogP contribution in [0.15, 0.2) is 23.8 Å². The minimum Gasteiger partial charge on any atom is -0.461 e. The first kappa shape index (κ1) is 17.8. The Hall–Kier alpha value is -1.17. The maximum atomic E-state index is 11.3. The van der Waals surface area contributed by atoms with Crippen LogP contribution in [0.5, 0.6) is 0 Å². The van der Waals surface area contributed by atoms with Gasteiger partial charge in [0.25, 0.3) is 0 Å². The van der Waals surface area contributed by atoms with E-state index in [1.54, 1.807) is 0 Å². The van der Waals surface area contributed by atoms with Gasteiger partial charge in [0.05, 0.1) is 31.8 Å². The van der Waals surface area contributed by atoms with Gasteiger partial charge in [-0.3, -0.25) is 0 Å². The summed E-state index contributed by atoms with van der Waals surface area (Å²) in [7, 11) is 0. The molecule has 0 heterocycles. The number of allylic oxidation sites excluding steroid dienone is 1. The van der Waals surface area contributed by atoms with Crippen LogP contribution in [0.4, 0.5) is 0 Å². The maximum absolute atomic E-state index is 11.3. The number of hydrogen-bond donors (Lipinski definition) is 2. The Kier molecular flexibility index (Phi) is 8.30. The van der Waals surface area contributed by atoms with Crippen LogP contribution in [0, 0.1) is 5.41 Å². The second-order valence-electron chi connectivity index (χ2n) is 4.80. The van der Waals surface area contributed by atoms with Gasteiger partial charge >= 0.3 is 5.97 Å². The largest absolute Gasteiger partial charge is 0.461 e. The molecule has 0 fully saturated rings. The number of aliphatic hydroxyl groups excluding tert-OH is 2. The topological polar surface area (TPSA) is 76.0 Å². The van der Waals surface area contributed by atoms with Crippen molar-refractivity contribution in [3.05, 3.63) is 23.8 Å². The summed E-state index contributed by atoms with van der Waals surface area (Å²) in [4.78, 5) is 11.3. The van der Waals surface area contributed by atoms with Gasteiger partial charge in [-0.1, -0.05) is 18.2 Å². The van der Waals surface area contributed by atoms with Gasteiger partial charge in [-0.15, -0.1) is 0 Å². The first-order valence-electron chi connectivity index (χ1n) is 6.14. The maximum Gasteiger partial charge on any atom is 0.333 e. The fraction of sp³-hybridized carbons (Fsp3) is 0.643. The molecule has 0 bridgehead atoms. The van der Waals surface area contributed by atoms with Gasteiger partial charge in [-0.2, -0.15) is 0 Å². The third-order valence-electron chi connectivity index (χ3n) is 2.76. The highest BCUT2D eigenvalue weighted by atomic mass is 16.5. The van der Waals surface area contributed by atoms with Gasteiger partial charge < -0.3 is 19.7 Å². The van der Waals surface area contributed by atoms with E-state index in [-0.39, 0.29) is 32.0 Å². The molecule has 0 aliphatic heterocycles. The van der Waals surface area contributed by atoms with Crippen molar-refractivity contribution < 1.29 is 24.5 Å². The molecule has 110 valence electrons. The lowest BCUT2D eigenvalue weighted by molar-refractivity contribution is -0.147. The minimum atomic E-state index is -0.987. The molecule has 0 aromatic rings. The van der Waals surface area contributed by atoms with Crippen LogP contribution >= 0.6 is 0 Å². The molecular weight excluding hydrogens is 248 g/mol. The first-order valence-corrected chi connectivity index (χ1v) is 6.14. The molecule has 0 spiro atoms. The van der Waals surface area contributed by atoms with E-state index in [4.69, 9.17) is 9.47 Å². The predicted molar refractivity (Wildman–Crippen MR) is 72.6 cm³/mol. The molecular formula is C14H24O5. The van der Waals surface area contributed by atoms with Crippen molar-refractivity contribution in [2.75, 3.05) is 33.0 Å². The zero-order valence-corrected chi connectivity index (χ0v) is 11.9. The van der Waals surface area contributed by atoms with E-state index >= 15 is 0 Å². The van der Waals surface area contributed by atoms with Crippen LogP contribution < -0.4 is 0 Å². The average Bonchev–Trinajstić information content (AvgIpc) is 2.42. The number of esters is 1. The quantitative estimate of drug-likeness (QED) is 0.373. The molecule has 0 radical (unpaired) electrons. The third-order valence-corrected chi connectivity index (χ3v) is 2.76. The van der Waals surface area contributed by atoms with Crippen molar-refractivity contribution >= 4 is 5.97 Å². The Morgan fingerprint density at radius 3 is 2.26 bits per heavy atom. The van der Waals surface area contributed by atoms with E-state index in [1.165, 1.54) is 6.92 Å². The Labute approximate surface area is 114 Å². The van der Waals surface area contributed by atoms with Gasteiger partial charge in [-0.25, -0.2) is 4.79 Å². The van der Waals surface area contributed by atoms with Crippen molar-refractivity contribution in [2.24, 2.45) is 5.41 Å². The SMILES string of the molecule is C=C(C)C(=O)OCC(CO)(CO)COCC(C)=CC. The number of carbonyl (C=O) groups is 1. The van der Waals surface area contributed by atoms with E-state index in [0.29, 0.717) is 6.61 Å². The summed E-state index contributed by atoms with van der Waals surface area (Å²) < 4.78 is 10.4. The van der Waals surface area contributed by atoms with Crippen LogP contribution in [0.3, 0.4) is 0 Å². The van der Waals surface area contributed by atoms with Crippen molar-refractivity contribution in [1.29, 1.82) is 0 Å². The van der Waals surface area contributed by atoms with Crippen molar-refractivity contribution in [1.82, 2.24) is 0 Å². The number of hydrogen-bond acceptors (Lipinski definition) is 5. The Balaban J connectivity index is 4.41. The van der Waals surface area contributed by atoms with Crippen LogP contribution in [-0.4, -0.2) is 49.2 Å². The highest BCUT2D eigenvalue weighted by Crippen LogP contribution is 2.18. The van der Waals surface area contributed by atoms with Crippen molar-refractivity contribution in [2.45, 2.75) is 20.8 Å². The van der Waals surface area contributed by atoms with Gasteiger partial charge in [0.2, 0.25) is 0 Å². The molecule has 0 saturated carbocycles. The Bertz CT molecular complexity index is 329. The molecule has 0 amide bonds. The number of aliphatic hydroxyl groups is 2. The molecule has 5 nitrogen and oxygen atoms in total. The minimum absolute atomic E-state index is 0.106. The van der Waals surface area contributed by atoms with Gasteiger partial charge in [0, 0.05) is 5.57 Å². The molecule has 5 heteroatoms. The highest BCUT2D eigenvalue weighted by Gasteiger charge is 2.31. The molecule has 0 aliphatic carbocycles. The zero-order valence-electron chi connectivity index (χ0n) is 11.9. The lowest BCUT2D eigenvalue weighted by Gasteiger charge is -2.28. The summed E-state index contributed by atoms with van der Waals surface area (Å²) in [5.74, 6) is -0.545. The van der Waals surface area contributed by atoms with E-state index < -0.39 is 11.4 Å². The summed E-state index contributed by atoms with van der Waals surface area (Å²) in [6.45, 7) is 8.56. The van der Waals surface area contributed by atoms with Crippen LogP contribution in [0.25, 0.3) is 0 Å². The first-order chi connectivity index (χ1) is 8.90. The van der Waals surface area contributed by atoms with Crippen molar-refractivity contribution in [3.8, 4) is 0 Å². The second-order valence-corrected chi connectivity index (χ2v) is 4.80. The highest BCUT2D eigenvalue weighted by molar-refractivity contribution is 5.86. The Morgan fingerprint density at radius 1 is 1.26 bits per heavy atom. The van der Waals surface area contributed by atoms with Crippen LogP contribution in [-0.2, 0) is 14.3 Å². The standard InChI is InChI=1S/C14H24O5/c1-5-12(4)6-18-9-14(7-15,8-16)10-19-13(17)11(2)3/h5,15-16H,2,6-10H2,1,3-4H3. The summed E-state index contributed by atoms with van der Waals surface area (Å²) in [6, 6.07) is 0. The van der Waals surface area contributed by atoms with Crippen molar-refractivity contribution in [3.63, 3.8) is 0 Å². The molecule has 2 N–H and O–H groups in total. The van der Waals surface area contributed by atoms with Gasteiger partial charge in [0.1, 0.15) is 6.61 Å². The van der Waals surface area contributed by atoms with E-state index in [9.17, 15) is 15.0 Å². The molecule has 0 saturated heterocycles. The second kappa shape index (κ2) is 8.85. The van der Waals surface area contributed by atoms with E-state index in [2.05, 4.69) is 6.58 Å². The van der Waals surface area contributed by atoms with E-state index in [0.717, 1.165) is 5.57 Å². The van der Waals surface area contributed by atoms with E-state index in [1.807, 2.05) is 19.9 Å². The molecule has 0 aromatic heterocycles. The number of ether oxygens (including phenoxy) is 2. The van der Waals surface area contributed by atoms with Gasteiger partial charge in [0.15, 0.2) is 0 Å². The average molecular weight is 272 g/mol. The molecule has 0 unspecified atom stereocenters. The zero-order chi connectivity index (χ0) is 14.9. The summed E-state index contributed by atoms with van der Waals surface area (Å²) in [5.41, 5.74) is 0.332.